The second-order valence-corrected chi connectivity index (χ2v) is 7.60. The van der Waals surface area contributed by atoms with Gasteiger partial charge in [-0.05, 0) is 38.5 Å². The van der Waals surface area contributed by atoms with Gasteiger partial charge in [0.2, 0.25) is 0 Å². The van der Waals surface area contributed by atoms with Gasteiger partial charge in [0.15, 0.2) is 9.84 Å². The molecule has 0 radical (unpaired) electrons. The van der Waals surface area contributed by atoms with Crippen LogP contribution in [0.4, 0.5) is 5.82 Å². The van der Waals surface area contributed by atoms with Crippen molar-refractivity contribution in [3.8, 4) is 0 Å². The minimum Gasteiger partial charge on any atom is -0.384 e. The quantitative estimate of drug-likeness (QED) is 0.828. The third-order valence-electron chi connectivity index (χ3n) is 4.01. The van der Waals surface area contributed by atoms with E-state index in [2.05, 4.69) is 5.10 Å². The highest BCUT2D eigenvalue weighted by Crippen LogP contribution is 2.31. The number of fused-ring (bicyclic) bond motifs is 1. The van der Waals surface area contributed by atoms with Crippen molar-refractivity contribution in [3.05, 3.63) is 11.3 Å². The molecule has 1 aromatic rings. The number of nitrogens with zero attached hydrogens (tertiary/aromatic N) is 2. The summed E-state index contributed by atoms with van der Waals surface area (Å²) < 4.78 is 25.2. The molecule has 0 aromatic carbocycles. The molecule has 1 atom stereocenters. The van der Waals surface area contributed by atoms with Gasteiger partial charge < -0.3 is 5.73 Å². The molecule has 1 aliphatic carbocycles. The van der Waals surface area contributed by atoms with E-state index in [-0.39, 0.29) is 11.8 Å². The van der Waals surface area contributed by atoms with Gasteiger partial charge in [-0.15, -0.1) is 0 Å². The molecule has 1 fully saturated rings. The SMILES string of the molecule is Nc1c2c(nn1C1CCCS(=O)(=O)C1)CCCC2. The standard InChI is InChI=1S/C12H19N3O2S/c13-12-10-5-1-2-6-11(10)14-15(12)9-4-3-7-18(16,17)8-9/h9H,1-8,13H2. The van der Waals surface area contributed by atoms with Crippen molar-refractivity contribution in [1.29, 1.82) is 0 Å². The fourth-order valence-corrected chi connectivity index (χ4v) is 4.74. The zero-order valence-corrected chi connectivity index (χ0v) is 11.2. The molecule has 18 heavy (non-hydrogen) atoms. The van der Waals surface area contributed by atoms with Crippen molar-refractivity contribution < 1.29 is 8.42 Å². The first-order valence-electron chi connectivity index (χ1n) is 6.63. The maximum atomic E-state index is 11.7. The smallest absolute Gasteiger partial charge is 0.152 e. The van der Waals surface area contributed by atoms with Crippen LogP contribution in [0.15, 0.2) is 0 Å². The number of sulfone groups is 1. The van der Waals surface area contributed by atoms with Crippen LogP contribution < -0.4 is 5.73 Å². The summed E-state index contributed by atoms with van der Waals surface area (Å²) in [6, 6.07) is -0.0608. The number of hydrogen-bond acceptors (Lipinski definition) is 4. The van der Waals surface area contributed by atoms with Crippen molar-refractivity contribution in [3.63, 3.8) is 0 Å². The average Bonchev–Trinajstić information content (AvgIpc) is 2.66. The molecule has 2 N–H and O–H groups in total. The summed E-state index contributed by atoms with van der Waals surface area (Å²) in [7, 11) is -2.91. The Morgan fingerprint density at radius 1 is 1.22 bits per heavy atom. The molecule has 100 valence electrons. The van der Waals surface area contributed by atoms with Crippen molar-refractivity contribution in [2.45, 2.75) is 44.6 Å². The average molecular weight is 269 g/mol. The molecule has 2 aliphatic rings. The van der Waals surface area contributed by atoms with Gasteiger partial charge in [-0.1, -0.05) is 0 Å². The van der Waals surface area contributed by atoms with Crippen LogP contribution in [0.25, 0.3) is 0 Å². The maximum Gasteiger partial charge on any atom is 0.152 e. The molecule has 0 saturated carbocycles. The van der Waals surface area contributed by atoms with Crippen LogP contribution in [0.3, 0.4) is 0 Å². The Balaban J connectivity index is 1.95. The second kappa shape index (κ2) is 4.26. The molecule has 1 saturated heterocycles. The monoisotopic (exact) mass is 269 g/mol. The molecule has 6 heteroatoms. The first-order valence-corrected chi connectivity index (χ1v) is 8.45. The van der Waals surface area contributed by atoms with E-state index in [0.717, 1.165) is 49.8 Å². The summed E-state index contributed by atoms with van der Waals surface area (Å²) in [4.78, 5) is 0. The highest BCUT2D eigenvalue weighted by Gasteiger charge is 2.29. The fourth-order valence-electron chi connectivity index (χ4n) is 3.07. The first-order chi connectivity index (χ1) is 8.57. The van der Waals surface area contributed by atoms with Crippen LogP contribution in [-0.4, -0.2) is 29.7 Å². The summed E-state index contributed by atoms with van der Waals surface area (Å²) in [5.74, 6) is 1.20. The van der Waals surface area contributed by atoms with Crippen LogP contribution in [0, 0.1) is 0 Å². The number of anilines is 1. The third kappa shape index (κ3) is 2.02. The third-order valence-corrected chi connectivity index (χ3v) is 5.81. The molecule has 0 bridgehead atoms. The lowest BCUT2D eigenvalue weighted by molar-refractivity contribution is 0.437. The van der Waals surface area contributed by atoms with Gasteiger partial charge in [0.25, 0.3) is 0 Å². The number of nitrogen functional groups attached to an aromatic ring is 1. The van der Waals surface area contributed by atoms with Crippen LogP contribution in [0.1, 0.15) is 43.0 Å². The van der Waals surface area contributed by atoms with E-state index in [1.165, 1.54) is 0 Å². The summed E-state index contributed by atoms with van der Waals surface area (Å²) in [6.07, 6.45) is 5.87. The molecule has 3 rings (SSSR count). The molecular weight excluding hydrogens is 250 g/mol. The van der Waals surface area contributed by atoms with E-state index in [4.69, 9.17) is 5.73 Å². The van der Waals surface area contributed by atoms with Crippen LogP contribution in [0.2, 0.25) is 0 Å². The number of hydrogen-bond donors (Lipinski definition) is 1. The fraction of sp³-hybridized carbons (Fsp3) is 0.750. The summed E-state index contributed by atoms with van der Waals surface area (Å²) in [5, 5.41) is 4.57. The van der Waals surface area contributed by atoms with E-state index in [1.807, 2.05) is 0 Å². The van der Waals surface area contributed by atoms with E-state index in [9.17, 15) is 8.42 Å². The maximum absolute atomic E-state index is 11.7. The lowest BCUT2D eigenvalue weighted by atomic mass is 9.98. The first kappa shape index (κ1) is 12.0. The summed E-state index contributed by atoms with van der Waals surface area (Å²) in [5.41, 5.74) is 8.39. The van der Waals surface area contributed by atoms with Crippen LogP contribution in [-0.2, 0) is 22.7 Å². The van der Waals surface area contributed by atoms with Crippen molar-refractivity contribution in [2.75, 3.05) is 17.2 Å². The topological polar surface area (TPSA) is 78.0 Å². The molecule has 5 nitrogen and oxygen atoms in total. The molecule has 1 aromatic heterocycles. The van der Waals surface area contributed by atoms with Crippen LogP contribution >= 0.6 is 0 Å². The Bertz CT molecular complexity index is 562. The van der Waals surface area contributed by atoms with Gasteiger partial charge >= 0.3 is 0 Å². The Labute approximate surface area is 107 Å². The van der Waals surface area contributed by atoms with Gasteiger partial charge in [-0.2, -0.15) is 5.10 Å². The van der Waals surface area contributed by atoms with Gasteiger partial charge in [0, 0.05) is 5.56 Å². The highest BCUT2D eigenvalue weighted by molar-refractivity contribution is 7.91. The van der Waals surface area contributed by atoms with Gasteiger partial charge in [0.1, 0.15) is 5.82 Å². The molecular formula is C12H19N3O2S. The minimum atomic E-state index is -2.91. The highest BCUT2D eigenvalue weighted by atomic mass is 32.2. The largest absolute Gasteiger partial charge is 0.384 e. The number of rotatable bonds is 1. The van der Waals surface area contributed by atoms with Gasteiger partial charge in [-0.25, -0.2) is 13.1 Å². The Morgan fingerprint density at radius 2 is 2.00 bits per heavy atom. The van der Waals surface area contributed by atoms with E-state index < -0.39 is 9.84 Å². The molecule has 1 aliphatic heterocycles. The lowest BCUT2D eigenvalue weighted by Gasteiger charge is -2.23. The Hall–Kier alpha value is -1.04. The summed E-state index contributed by atoms with van der Waals surface area (Å²) in [6.45, 7) is 0. The molecule has 1 unspecified atom stereocenters. The molecule has 0 amide bonds. The van der Waals surface area contributed by atoms with Crippen molar-refractivity contribution in [2.24, 2.45) is 0 Å². The van der Waals surface area contributed by atoms with E-state index in [0.29, 0.717) is 11.6 Å². The van der Waals surface area contributed by atoms with E-state index >= 15 is 0 Å². The van der Waals surface area contributed by atoms with Crippen molar-refractivity contribution >= 4 is 15.7 Å². The number of aryl methyl sites for hydroxylation is 1. The number of aromatic nitrogens is 2. The van der Waals surface area contributed by atoms with Crippen molar-refractivity contribution in [1.82, 2.24) is 9.78 Å². The normalized spacial score (nSPS) is 26.8. The molecule has 2 heterocycles. The minimum absolute atomic E-state index is 0.0608. The predicted octanol–water partition coefficient (Wildman–Crippen LogP) is 1.09. The van der Waals surface area contributed by atoms with E-state index in [1.54, 1.807) is 4.68 Å². The lowest BCUT2D eigenvalue weighted by Crippen LogP contribution is -2.28. The summed E-state index contributed by atoms with van der Waals surface area (Å²) >= 11 is 0. The molecule has 0 spiro atoms. The Kier molecular flexibility index (Phi) is 2.84. The van der Waals surface area contributed by atoms with Gasteiger partial charge in [0.05, 0.1) is 23.2 Å². The number of nitrogens with two attached hydrogens (primary N) is 1. The van der Waals surface area contributed by atoms with Gasteiger partial charge in [-0.3, -0.25) is 0 Å². The second-order valence-electron chi connectivity index (χ2n) is 5.37. The Morgan fingerprint density at radius 3 is 2.72 bits per heavy atom. The zero-order chi connectivity index (χ0) is 12.8. The zero-order valence-electron chi connectivity index (χ0n) is 10.4. The van der Waals surface area contributed by atoms with Crippen LogP contribution in [0.5, 0.6) is 0 Å². The predicted molar refractivity (Wildman–Crippen MR) is 70.2 cm³/mol.